The summed E-state index contributed by atoms with van der Waals surface area (Å²) >= 11 is 0. The molecule has 1 aliphatic heterocycles. The molecular weight excluding hydrogens is 249 g/mol. The molecule has 2 rings (SSSR count). The molecule has 0 unspecified atom stereocenters. The number of morpholine rings is 1. The van der Waals surface area contributed by atoms with Gasteiger partial charge < -0.3 is 14.4 Å². The number of carbonyl (C=O) groups is 1. The number of amides is 1. The van der Waals surface area contributed by atoms with Crippen LogP contribution < -0.4 is 4.74 Å². The lowest BCUT2D eigenvalue weighted by molar-refractivity contribution is -0.145. The average Bonchev–Trinajstić information content (AvgIpc) is 2.35. The molecule has 4 nitrogen and oxygen atoms in total. The summed E-state index contributed by atoms with van der Waals surface area (Å²) in [6.45, 7) is 4.92. The first kappa shape index (κ1) is 13.8. The minimum absolute atomic E-state index is 0.0295. The number of benzene rings is 1. The zero-order chi connectivity index (χ0) is 13.8. The van der Waals surface area contributed by atoms with Crippen molar-refractivity contribution in [2.75, 3.05) is 19.7 Å². The Morgan fingerprint density at radius 2 is 2.11 bits per heavy atom. The van der Waals surface area contributed by atoms with Crippen LogP contribution in [0.25, 0.3) is 0 Å². The van der Waals surface area contributed by atoms with Crippen LogP contribution in [0.1, 0.15) is 13.8 Å². The summed E-state index contributed by atoms with van der Waals surface area (Å²) in [5, 5.41) is 0. The molecule has 0 bridgehead atoms. The van der Waals surface area contributed by atoms with Gasteiger partial charge in [0.05, 0.1) is 12.2 Å². The summed E-state index contributed by atoms with van der Waals surface area (Å²) in [6, 6.07) is 5.77. The van der Waals surface area contributed by atoms with Gasteiger partial charge in [0.15, 0.2) is 6.61 Å². The van der Waals surface area contributed by atoms with E-state index in [1.54, 1.807) is 17.0 Å². The van der Waals surface area contributed by atoms with Gasteiger partial charge in [0.1, 0.15) is 11.6 Å². The molecule has 104 valence electrons. The van der Waals surface area contributed by atoms with E-state index in [1.807, 2.05) is 13.8 Å². The van der Waals surface area contributed by atoms with Gasteiger partial charge in [0.2, 0.25) is 0 Å². The van der Waals surface area contributed by atoms with Gasteiger partial charge in [-0.1, -0.05) is 6.07 Å². The normalized spacial score (nSPS) is 23.2. The van der Waals surface area contributed by atoms with E-state index in [-0.39, 0.29) is 30.5 Å². The Morgan fingerprint density at radius 3 is 2.74 bits per heavy atom. The number of hydrogen-bond acceptors (Lipinski definition) is 3. The van der Waals surface area contributed by atoms with E-state index in [0.29, 0.717) is 18.8 Å². The molecule has 0 radical (unpaired) electrons. The number of ether oxygens (including phenoxy) is 2. The molecule has 2 atom stereocenters. The monoisotopic (exact) mass is 267 g/mol. The molecule has 0 aliphatic carbocycles. The number of halogens is 1. The molecular formula is C14H18FNO3. The van der Waals surface area contributed by atoms with Crippen molar-refractivity contribution in [2.45, 2.75) is 26.1 Å². The van der Waals surface area contributed by atoms with Crippen LogP contribution in [0, 0.1) is 5.82 Å². The molecule has 0 N–H and O–H groups in total. The highest BCUT2D eigenvalue weighted by Gasteiger charge is 2.25. The Bertz CT molecular complexity index is 442. The van der Waals surface area contributed by atoms with Crippen molar-refractivity contribution in [3.8, 4) is 5.75 Å². The standard InChI is InChI=1S/C14H18FNO3/c1-10-7-16(8-11(2)19-10)14(17)9-18-13-5-3-4-12(15)6-13/h3-6,10-11H,7-9H2,1-2H3/t10-,11-/m1/s1. The fourth-order valence-electron chi connectivity index (χ4n) is 2.17. The predicted molar refractivity (Wildman–Crippen MR) is 68.5 cm³/mol. The Balaban J connectivity index is 1.87. The second-order valence-corrected chi connectivity index (χ2v) is 4.80. The lowest BCUT2D eigenvalue weighted by Gasteiger charge is -2.35. The van der Waals surface area contributed by atoms with Crippen molar-refractivity contribution in [3.05, 3.63) is 30.1 Å². The van der Waals surface area contributed by atoms with Crippen molar-refractivity contribution in [1.29, 1.82) is 0 Å². The van der Waals surface area contributed by atoms with Crippen LogP contribution in [0.3, 0.4) is 0 Å². The van der Waals surface area contributed by atoms with Gasteiger partial charge in [-0.05, 0) is 26.0 Å². The van der Waals surface area contributed by atoms with E-state index in [9.17, 15) is 9.18 Å². The molecule has 1 saturated heterocycles. The topological polar surface area (TPSA) is 38.8 Å². The van der Waals surface area contributed by atoms with Crippen LogP contribution in [-0.4, -0.2) is 42.7 Å². The molecule has 1 amide bonds. The first-order chi connectivity index (χ1) is 9.04. The van der Waals surface area contributed by atoms with Crippen molar-refractivity contribution in [3.63, 3.8) is 0 Å². The van der Waals surface area contributed by atoms with Gasteiger partial charge in [-0.3, -0.25) is 4.79 Å². The van der Waals surface area contributed by atoms with Crippen LogP contribution in [0.4, 0.5) is 4.39 Å². The highest BCUT2D eigenvalue weighted by Crippen LogP contribution is 2.14. The van der Waals surface area contributed by atoms with Crippen LogP contribution in [-0.2, 0) is 9.53 Å². The quantitative estimate of drug-likeness (QED) is 0.839. The molecule has 1 aromatic carbocycles. The van der Waals surface area contributed by atoms with Gasteiger partial charge in [-0.2, -0.15) is 0 Å². The zero-order valence-electron chi connectivity index (χ0n) is 11.1. The van der Waals surface area contributed by atoms with Crippen LogP contribution in [0.5, 0.6) is 5.75 Å². The first-order valence-corrected chi connectivity index (χ1v) is 6.36. The Morgan fingerprint density at radius 1 is 1.42 bits per heavy atom. The Hall–Kier alpha value is -1.62. The second kappa shape index (κ2) is 6.02. The van der Waals surface area contributed by atoms with Gasteiger partial charge in [-0.25, -0.2) is 4.39 Å². The molecule has 1 heterocycles. The third kappa shape index (κ3) is 3.92. The number of nitrogens with zero attached hydrogens (tertiary/aromatic N) is 1. The summed E-state index contributed by atoms with van der Waals surface area (Å²) in [7, 11) is 0. The Labute approximate surface area is 112 Å². The first-order valence-electron chi connectivity index (χ1n) is 6.36. The van der Waals surface area contributed by atoms with Crippen LogP contribution in [0.15, 0.2) is 24.3 Å². The zero-order valence-corrected chi connectivity index (χ0v) is 11.1. The summed E-state index contributed by atoms with van der Waals surface area (Å²) in [5.41, 5.74) is 0. The highest BCUT2D eigenvalue weighted by molar-refractivity contribution is 5.78. The van der Waals surface area contributed by atoms with Crippen molar-refractivity contribution < 1.29 is 18.7 Å². The molecule has 0 saturated carbocycles. The van der Waals surface area contributed by atoms with E-state index in [0.717, 1.165) is 0 Å². The maximum absolute atomic E-state index is 13.0. The fourth-order valence-corrected chi connectivity index (χ4v) is 2.17. The molecule has 1 aromatic rings. The van der Waals surface area contributed by atoms with Gasteiger partial charge in [-0.15, -0.1) is 0 Å². The molecule has 0 spiro atoms. The molecule has 1 aliphatic rings. The lowest BCUT2D eigenvalue weighted by atomic mass is 10.2. The predicted octanol–water partition coefficient (Wildman–Crippen LogP) is 1.84. The minimum atomic E-state index is -0.376. The molecule has 5 heteroatoms. The number of carbonyl (C=O) groups excluding carboxylic acids is 1. The smallest absolute Gasteiger partial charge is 0.260 e. The molecule has 0 aromatic heterocycles. The Kier molecular flexibility index (Phi) is 4.37. The van der Waals surface area contributed by atoms with E-state index in [2.05, 4.69) is 0 Å². The lowest BCUT2D eigenvalue weighted by Crippen LogP contribution is -2.49. The van der Waals surface area contributed by atoms with E-state index in [4.69, 9.17) is 9.47 Å². The summed E-state index contributed by atoms with van der Waals surface area (Å²) in [6.07, 6.45) is 0.0590. The summed E-state index contributed by atoms with van der Waals surface area (Å²) in [5.74, 6) is -0.118. The fraction of sp³-hybridized carbons (Fsp3) is 0.500. The number of rotatable bonds is 3. The van der Waals surface area contributed by atoms with Crippen molar-refractivity contribution in [2.24, 2.45) is 0 Å². The largest absolute Gasteiger partial charge is 0.484 e. The summed E-state index contributed by atoms with van der Waals surface area (Å²) < 4.78 is 23.8. The van der Waals surface area contributed by atoms with Crippen molar-refractivity contribution in [1.82, 2.24) is 4.90 Å². The molecule has 19 heavy (non-hydrogen) atoms. The van der Waals surface area contributed by atoms with E-state index < -0.39 is 0 Å². The van der Waals surface area contributed by atoms with Gasteiger partial charge in [0.25, 0.3) is 5.91 Å². The molecule has 1 fully saturated rings. The third-order valence-electron chi connectivity index (χ3n) is 2.93. The minimum Gasteiger partial charge on any atom is -0.484 e. The van der Waals surface area contributed by atoms with E-state index in [1.165, 1.54) is 12.1 Å². The second-order valence-electron chi connectivity index (χ2n) is 4.80. The van der Waals surface area contributed by atoms with Crippen LogP contribution >= 0.6 is 0 Å². The van der Waals surface area contributed by atoms with Gasteiger partial charge >= 0.3 is 0 Å². The summed E-state index contributed by atoms with van der Waals surface area (Å²) in [4.78, 5) is 13.7. The third-order valence-corrected chi connectivity index (χ3v) is 2.93. The highest BCUT2D eigenvalue weighted by atomic mass is 19.1. The van der Waals surface area contributed by atoms with Crippen molar-refractivity contribution >= 4 is 5.91 Å². The maximum atomic E-state index is 13.0. The maximum Gasteiger partial charge on any atom is 0.260 e. The van der Waals surface area contributed by atoms with Crippen LogP contribution in [0.2, 0.25) is 0 Å². The SMILES string of the molecule is C[C@@H]1CN(C(=O)COc2cccc(F)c2)C[C@@H](C)O1. The van der Waals surface area contributed by atoms with Gasteiger partial charge in [0, 0.05) is 19.2 Å². The number of hydrogen-bond donors (Lipinski definition) is 0. The van der Waals surface area contributed by atoms with E-state index >= 15 is 0 Å². The average molecular weight is 267 g/mol.